The van der Waals surface area contributed by atoms with Crippen LogP contribution in [0.2, 0.25) is 0 Å². The van der Waals surface area contributed by atoms with E-state index in [0.717, 1.165) is 71.3 Å². The lowest BCUT2D eigenvalue weighted by atomic mass is 10.1. The molecule has 0 spiro atoms. The third-order valence-electron chi connectivity index (χ3n) is 5.01. The molecule has 2 unspecified atom stereocenters. The van der Waals surface area contributed by atoms with Gasteiger partial charge in [-0.3, -0.25) is 4.99 Å². The normalized spacial score (nSPS) is 22.6. The molecule has 27 heavy (non-hydrogen) atoms. The maximum Gasteiger partial charge on any atom is 0.191 e. The van der Waals surface area contributed by atoms with E-state index in [1.165, 1.54) is 5.69 Å². The van der Waals surface area contributed by atoms with E-state index in [2.05, 4.69) is 50.9 Å². The molecule has 0 amide bonds. The van der Waals surface area contributed by atoms with Crippen LogP contribution in [-0.2, 0) is 9.47 Å². The Morgan fingerprint density at radius 1 is 1.30 bits per heavy atom. The van der Waals surface area contributed by atoms with Crippen molar-refractivity contribution in [1.82, 2.24) is 10.6 Å². The van der Waals surface area contributed by atoms with Gasteiger partial charge >= 0.3 is 0 Å². The van der Waals surface area contributed by atoms with E-state index in [9.17, 15) is 0 Å². The highest BCUT2D eigenvalue weighted by atomic mass is 127. The minimum atomic E-state index is 0. The summed E-state index contributed by atoms with van der Waals surface area (Å²) < 4.78 is 11.1. The molecule has 2 aliphatic heterocycles. The van der Waals surface area contributed by atoms with E-state index in [-0.39, 0.29) is 24.0 Å². The Balaban J connectivity index is 0.00000261. The number of para-hydroxylation sites is 1. The van der Waals surface area contributed by atoms with Gasteiger partial charge in [0.1, 0.15) is 0 Å². The molecule has 2 aliphatic rings. The van der Waals surface area contributed by atoms with Crippen LogP contribution >= 0.6 is 24.0 Å². The fourth-order valence-electron chi connectivity index (χ4n) is 3.49. The SMILES string of the molecule is CN=C(NCCCOCC1CCOC1)NC1CCN(c2ccccc2)C1.I. The fraction of sp³-hybridized carbons (Fsp3) is 0.650. The van der Waals surface area contributed by atoms with Crippen LogP contribution in [0.4, 0.5) is 5.69 Å². The second kappa shape index (κ2) is 12.4. The molecule has 0 radical (unpaired) electrons. The molecule has 2 atom stereocenters. The van der Waals surface area contributed by atoms with Crippen molar-refractivity contribution >= 4 is 35.6 Å². The van der Waals surface area contributed by atoms with E-state index in [1.54, 1.807) is 0 Å². The highest BCUT2D eigenvalue weighted by Gasteiger charge is 2.23. The molecule has 0 aromatic heterocycles. The molecule has 3 rings (SSSR count). The number of rotatable bonds is 8. The number of nitrogens with zero attached hydrogens (tertiary/aromatic N) is 2. The quantitative estimate of drug-likeness (QED) is 0.255. The highest BCUT2D eigenvalue weighted by Crippen LogP contribution is 2.19. The van der Waals surface area contributed by atoms with E-state index in [0.29, 0.717) is 12.0 Å². The topological polar surface area (TPSA) is 58.1 Å². The number of anilines is 1. The molecule has 0 bridgehead atoms. The van der Waals surface area contributed by atoms with E-state index < -0.39 is 0 Å². The first-order chi connectivity index (χ1) is 12.8. The first-order valence-electron chi connectivity index (χ1n) is 9.78. The lowest BCUT2D eigenvalue weighted by molar-refractivity contribution is 0.0888. The van der Waals surface area contributed by atoms with Gasteiger partial charge in [0.2, 0.25) is 0 Å². The Kier molecular flexibility index (Phi) is 10.2. The molecule has 1 aromatic carbocycles. The van der Waals surface area contributed by atoms with Crippen LogP contribution in [0.15, 0.2) is 35.3 Å². The Morgan fingerprint density at radius 2 is 2.15 bits per heavy atom. The van der Waals surface area contributed by atoms with Crippen LogP contribution in [-0.4, -0.2) is 65.1 Å². The number of aliphatic imine (C=N–C) groups is 1. The summed E-state index contributed by atoms with van der Waals surface area (Å²) in [6.07, 6.45) is 3.24. The first kappa shape index (κ1) is 22.2. The van der Waals surface area contributed by atoms with Gasteiger partial charge in [-0.1, -0.05) is 18.2 Å². The van der Waals surface area contributed by atoms with Gasteiger partial charge in [-0.05, 0) is 31.4 Å². The van der Waals surface area contributed by atoms with Gasteiger partial charge in [-0.25, -0.2) is 0 Å². The average Bonchev–Trinajstić information content (AvgIpc) is 3.36. The molecular formula is C20H33IN4O2. The summed E-state index contributed by atoms with van der Waals surface area (Å²) in [4.78, 5) is 6.77. The summed E-state index contributed by atoms with van der Waals surface area (Å²) >= 11 is 0. The lowest BCUT2D eigenvalue weighted by Gasteiger charge is -2.20. The van der Waals surface area contributed by atoms with Crippen molar-refractivity contribution < 1.29 is 9.47 Å². The summed E-state index contributed by atoms with van der Waals surface area (Å²) in [6, 6.07) is 11.0. The van der Waals surface area contributed by atoms with Gasteiger partial charge in [0.15, 0.2) is 5.96 Å². The number of hydrogen-bond donors (Lipinski definition) is 2. The summed E-state index contributed by atoms with van der Waals surface area (Å²) in [5.74, 6) is 1.47. The van der Waals surface area contributed by atoms with E-state index >= 15 is 0 Å². The van der Waals surface area contributed by atoms with Gasteiger partial charge in [0, 0.05) is 57.5 Å². The van der Waals surface area contributed by atoms with Crippen molar-refractivity contribution in [2.75, 3.05) is 58.0 Å². The molecule has 152 valence electrons. The maximum absolute atomic E-state index is 5.74. The molecule has 1 aromatic rings. The Hall–Kier alpha value is -1.06. The second-order valence-corrected chi connectivity index (χ2v) is 7.07. The molecule has 2 fully saturated rings. The molecule has 2 heterocycles. The van der Waals surface area contributed by atoms with Crippen molar-refractivity contribution in [2.24, 2.45) is 10.9 Å². The van der Waals surface area contributed by atoms with Crippen LogP contribution in [0.5, 0.6) is 0 Å². The molecule has 7 heteroatoms. The van der Waals surface area contributed by atoms with Crippen molar-refractivity contribution in [3.63, 3.8) is 0 Å². The number of nitrogens with one attached hydrogen (secondary N) is 2. The molecule has 6 nitrogen and oxygen atoms in total. The Morgan fingerprint density at radius 3 is 2.89 bits per heavy atom. The minimum absolute atomic E-state index is 0. The molecular weight excluding hydrogens is 455 g/mol. The van der Waals surface area contributed by atoms with Gasteiger partial charge < -0.3 is 25.0 Å². The van der Waals surface area contributed by atoms with Crippen LogP contribution in [0.25, 0.3) is 0 Å². The molecule has 0 saturated carbocycles. The largest absolute Gasteiger partial charge is 0.381 e. The van der Waals surface area contributed by atoms with Crippen molar-refractivity contribution in [2.45, 2.75) is 25.3 Å². The lowest BCUT2D eigenvalue weighted by Crippen LogP contribution is -2.45. The number of benzene rings is 1. The zero-order chi connectivity index (χ0) is 18.0. The number of ether oxygens (including phenoxy) is 2. The van der Waals surface area contributed by atoms with Gasteiger partial charge in [0.05, 0.1) is 13.2 Å². The summed E-state index contributed by atoms with van der Waals surface area (Å²) in [5.41, 5.74) is 1.30. The predicted octanol–water partition coefficient (Wildman–Crippen LogP) is 2.49. The first-order valence-corrected chi connectivity index (χ1v) is 9.78. The van der Waals surface area contributed by atoms with Crippen LogP contribution < -0.4 is 15.5 Å². The summed E-state index contributed by atoms with van der Waals surface area (Å²) in [7, 11) is 1.83. The maximum atomic E-state index is 5.74. The zero-order valence-corrected chi connectivity index (χ0v) is 18.6. The number of guanidine groups is 1. The smallest absolute Gasteiger partial charge is 0.191 e. The Labute approximate surface area is 180 Å². The van der Waals surface area contributed by atoms with Crippen molar-refractivity contribution in [3.05, 3.63) is 30.3 Å². The average molecular weight is 488 g/mol. The van der Waals surface area contributed by atoms with Crippen LogP contribution in [0.3, 0.4) is 0 Å². The van der Waals surface area contributed by atoms with Crippen molar-refractivity contribution in [3.8, 4) is 0 Å². The van der Waals surface area contributed by atoms with Crippen LogP contribution in [0.1, 0.15) is 19.3 Å². The van der Waals surface area contributed by atoms with Gasteiger partial charge in [0.25, 0.3) is 0 Å². The van der Waals surface area contributed by atoms with Gasteiger partial charge in [-0.15, -0.1) is 24.0 Å². The molecule has 2 N–H and O–H groups in total. The highest BCUT2D eigenvalue weighted by molar-refractivity contribution is 14.0. The summed E-state index contributed by atoms with van der Waals surface area (Å²) in [6.45, 7) is 6.32. The van der Waals surface area contributed by atoms with Crippen LogP contribution in [0, 0.1) is 5.92 Å². The third-order valence-corrected chi connectivity index (χ3v) is 5.01. The number of halogens is 1. The number of hydrogen-bond acceptors (Lipinski definition) is 4. The third kappa shape index (κ3) is 7.46. The second-order valence-electron chi connectivity index (χ2n) is 7.07. The zero-order valence-electron chi connectivity index (χ0n) is 16.2. The molecule has 0 aliphatic carbocycles. The van der Waals surface area contributed by atoms with Gasteiger partial charge in [-0.2, -0.15) is 0 Å². The predicted molar refractivity (Wildman–Crippen MR) is 121 cm³/mol. The van der Waals surface area contributed by atoms with E-state index in [4.69, 9.17) is 9.47 Å². The van der Waals surface area contributed by atoms with E-state index in [1.807, 2.05) is 7.05 Å². The van der Waals surface area contributed by atoms with Crippen molar-refractivity contribution in [1.29, 1.82) is 0 Å². The summed E-state index contributed by atoms with van der Waals surface area (Å²) in [5, 5.41) is 6.94. The monoisotopic (exact) mass is 488 g/mol. The molecule has 2 saturated heterocycles. The minimum Gasteiger partial charge on any atom is -0.381 e. The fourth-order valence-corrected chi connectivity index (χ4v) is 3.49. The Bertz CT molecular complexity index is 552. The standard InChI is InChI=1S/C20H32N4O2.HI/c1-21-20(22-10-5-12-25-15-17-9-13-26-16-17)23-18-8-11-24(14-18)19-6-3-2-4-7-19;/h2-4,6-7,17-18H,5,8-16H2,1H3,(H2,21,22,23);1H.